The molecule has 3 rings (SSSR count). The summed E-state index contributed by atoms with van der Waals surface area (Å²) in [5.41, 5.74) is -0.0323. The molecule has 0 amide bonds. The van der Waals surface area contributed by atoms with Crippen LogP contribution in [-0.2, 0) is 15.3 Å². The number of rotatable bonds is 3. The molecule has 2 atom stereocenters. The zero-order chi connectivity index (χ0) is 15.8. The molecule has 0 aromatic heterocycles. The molecule has 0 radical (unpaired) electrons. The monoisotopic (exact) mass is 308 g/mol. The van der Waals surface area contributed by atoms with E-state index in [4.69, 9.17) is 5.26 Å². The maximum absolute atomic E-state index is 12.7. The lowest BCUT2D eigenvalue weighted by molar-refractivity contribution is 0.592. The van der Waals surface area contributed by atoms with E-state index >= 15 is 0 Å². The van der Waals surface area contributed by atoms with E-state index in [1.165, 1.54) is 0 Å². The molecule has 0 heterocycles. The first-order valence-corrected chi connectivity index (χ1v) is 8.30. The lowest BCUT2D eigenvalue weighted by atomic mass is 9.96. The van der Waals surface area contributed by atoms with Crippen molar-refractivity contribution < 1.29 is 8.42 Å². The van der Waals surface area contributed by atoms with Crippen LogP contribution in [-0.4, -0.2) is 13.7 Å². The predicted molar refractivity (Wildman–Crippen MR) is 80.5 cm³/mol. The number of nitrogens with zero attached hydrogens (tertiary/aromatic N) is 2. The van der Waals surface area contributed by atoms with Crippen LogP contribution in [0.3, 0.4) is 0 Å². The van der Waals surface area contributed by atoms with E-state index in [0.717, 1.165) is 0 Å². The molecular weight excluding hydrogens is 296 g/mol. The van der Waals surface area contributed by atoms with E-state index in [-0.39, 0.29) is 11.3 Å². The Bertz CT molecular complexity index is 908. The zero-order valence-corrected chi connectivity index (χ0v) is 12.4. The number of nitriles is 2. The quantitative estimate of drug-likeness (QED) is 0.872. The summed E-state index contributed by atoms with van der Waals surface area (Å²) in [5, 5.41) is 17.8. The maximum Gasteiger partial charge on any atom is 0.183 e. The zero-order valence-electron chi connectivity index (χ0n) is 11.6. The van der Waals surface area contributed by atoms with Gasteiger partial charge in [0.1, 0.15) is 5.41 Å². The molecule has 1 saturated carbocycles. The number of sulfone groups is 1. The van der Waals surface area contributed by atoms with Crippen molar-refractivity contribution in [2.45, 2.75) is 22.0 Å². The molecule has 108 valence electrons. The average Bonchev–Trinajstić information content (AvgIpc) is 3.33. The Morgan fingerprint density at radius 1 is 1.05 bits per heavy atom. The van der Waals surface area contributed by atoms with Crippen molar-refractivity contribution in [1.82, 2.24) is 0 Å². The number of benzene rings is 2. The summed E-state index contributed by atoms with van der Waals surface area (Å²) >= 11 is 0. The molecule has 0 N–H and O–H groups in total. The highest BCUT2D eigenvalue weighted by molar-refractivity contribution is 7.92. The standard InChI is InChI=1S/C17H12N2O2S/c18-11-13-5-4-6-14(9-13)17(12-19)10-16(17)22(20,21)15-7-2-1-3-8-15/h1-9,16H,10H2. The Labute approximate surface area is 129 Å². The van der Waals surface area contributed by atoms with Crippen molar-refractivity contribution in [2.75, 3.05) is 0 Å². The minimum absolute atomic E-state index is 0.230. The average molecular weight is 308 g/mol. The number of hydrogen-bond acceptors (Lipinski definition) is 4. The summed E-state index contributed by atoms with van der Waals surface area (Å²) in [5.74, 6) is 0. The van der Waals surface area contributed by atoms with Gasteiger partial charge in [0.05, 0.1) is 27.8 Å². The summed E-state index contributed by atoms with van der Waals surface area (Å²) < 4.78 is 25.4. The highest BCUT2D eigenvalue weighted by Crippen LogP contribution is 2.53. The van der Waals surface area contributed by atoms with Crippen molar-refractivity contribution in [3.8, 4) is 12.1 Å². The Morgan fingerprint density at radius 3 is 2.41 bits per heavy atom. The van der Waals surface area contributed by atoms with Crippen molar-refractivity contribution in [3.05, 3.63) is 65.7 Å². The van der Waals surface area contributed by atoms with Crippen LogP contribution in [0.4, 0.5) is 0 Å². The fraction of sp³-hybridized carbons (Fsp3) is 0.176. The summed E-state index contributed by atoms with van der Waals surface area (Å²) in [6.45, 7) is 0. The molecule has 1 aliphatic rings. The molecule has 2 unspecified atom stereocenters. The van der Waals surface area contributed by atoms with Gasteiger partial charge in [-0.3, -0.25) is 0 Å². The first kappa shape index (κ1) is 14.3. The van der Waals surface area contributed by atoms with Crippen molar-refractivity contribution in [1.29, 1.82) is 10.5 Å². The molecule has 4 nitrogen and oxygen atoms in total. The van der Waals surface area contributed by atoms with Gasteiger partial charge in [0, 0.05) is 0 Å². The van der Waals surface area contributed by atoms with Crippen molar-refractivity contribution in [3.63, 3.8) is 0 Å². The van der Waals surface area contributed by atoms with Crippen molar-refractivity contribution in [2.24, 2.45) is 0 Å². The van der Waals surface area contributed by atoms with E-state index in [9.17, 15) is 13.7 Å². The van der Waals surface area contributed by atoms with Crippen LogP contribution in [0.1, 0.15) is 17.5 Å². The predicted octanol–water partition coefficient (Wildman–Crippen LogP) is 2.57. The molecular formula is C17H12N2O2S. The minimum Gasteiger partial charge on any atom is -0.223 e. The third kappa shape index (κ3) is 2.07. The lowest BCUT2D eigenvalue weighted by Gasteiger charge is -2.10. The van der Waals surface area contributed by atoms with Gasteiger partial charge in [-0.1, -0.05) is 30.3 Å². The molecule has 5 heteroatoms. The van der Waals surface area contributed by atoms with Gasteiger partial charge in [-0.15, -0.1) is 0 Å². The van der Waals surface area contributed by atoms with Crippen LogP contribution in [0.5, 0.6) is 0 Å². The van der Waals surface area contributed by atoms with Gasteiger partial charge in [-0.2, -0.15) is 10.5 Å². The minimum atomic E-state index is -3.56. The molecule has 0 aliphatic heterocycles. The van der Waals surface area contributed by atoms with E-state index < -0.39 is 20.5 Å². The van der Waals surface area contributed by atoms with Crippen LogP contribution >= 0.6 is 0 Å². The normalized spacial score (nSPS) is 23.3. The summed E-state index contributed by atoms with van der Waals surface area (Å²) in [6.07, 6.45) is 0.260. The maximum atomic E-state index is 12.7. The van der Waals surface area contributed by atoms with E-state index in [2.05, 4.69) is 6.07 Å². The van der Waals surface area contributed by atoms with Gasteiger partial charge >= 0.3 is 0 Å². The molecule has 0 saturated heterocycles. The van der Waals surface area contributed by atoms with Crippen LogP contribution in [0.15, 0.2) is 59.5 Å². The Hall–Kier alpha value is -2.63. The van der Waals surface area contributed by atoms with Crippen molar-refractivity contribution >= 4 is 9.84 Å². The first-order valence-electron chi connectivity index (χ1n) is 6.75. The van der Waals surface area contributed by atoms with Crippen LogP contribution in [0.25, 0.3) is 0 Å². The van der Waals surface area contributed by atoms with E-state index in [1.807, 2.05) is 6.07 Å². The fourth-order valence-corrected chi connectivity index (χ4v) is 4.80. The second-order valence-electron chi connectivity index (χ2n) is 5.33. The number of hydrogen-bond donors (Lipinski definition) is 0. The topological polar surface area (TPSA) is 81.7 Å². The third-order valence-electron chi connectivity index (χ3n) is 4.05. The fourth-order valence-electron chi connectivity index (χ4n) is 2.73. The highest BCUT2D eigenvalue weighted by Gasteiger charge is 2.63. The lowest BCUT2D eigenvalue weighted by Crippen LogP contribution is -2.18. The van der Waals surface area contributed by atoms with E-state index in [1.54, 1.807) is 54.6 Å². The third-order valence-corrected chi connectivity index (χ3v) is 6.30. The summed E-state index contributed by atoms with van der Waals surface area (Å²) in [6, 6.07) is 19.0. The second kappa shape index (κ2) is 4.98. The van der Waals surface area contributed by atoms with Crippen LogP contribution < -0.4 is 0 Å². The van der Waals surface area contributed by atoms with Gasteiger partial charge < -0.3 is 0 Å². The largest absolute Gasteiger partial charge is 0.223 e. The van der Waals surface area contributed by atoms with Gasteiger partial charge in [-0.25, -0.2) is 8.42 Å². The van der Waals surface area contributed by atoms with Crippen LogP contribution in [0.2, 0.25) is 0 Å². The molecule has 22 heavy (non-hydrogen) atoms. The molecule has 1 aliphatic carbocycles. The molecule has 2 aromatic rings. The van der Waals surface area contributed by atoms with Crippen LogP contribution in [0, 0.1) is 22.7 Å². The van der Waals surface area contributed by atoms with Gasteiger partial charge in [0.2, 0.25) is 0 Å². The van der Waals surface area contributed by atoms with E-state index in [0.29, 0.717) is 11.1 Å². The Balaban J connectivity index is 2.03. The summed E-state index contributed by atoms with van der Waals surface area (Å²) in [4.78, 5) is 0.230. The van der Waals surface area contributed by atoms with Gasteiger partial charge in [0.25, 0.3) is 0 Å². The molecule has 0 spiro atoms. The van der Waals surface area contributed by atoms with Gasteiger partial charge in [0.15, 0.2) is 9.84 Å². The highest BCUT2D eigenvalue weighted by atomic mass is 32.2. The Morgan fingerprint density at radius 2 is 1.77 bits per heavy atom. The molecule has 2 aromatic carbocycles. The molecule has 0 bridgehead atoms. The first-order chi connectivity index (χ1) is 10.5. The Kier molecular flexibility index (Phi) is 3.24. The molecule has 1 fully saturated rings. The SMILES string of the molecule is N#Cc1cccc(C2(C#N)CC2S(=O)(=O)c2ccccc2)c1. The second-order valence-corrected chi connectivity index (χ2v) is 7.46. The summed E-state index contributed by atoms with van der Waals surface area (Å²) in [7, 11) is -3.56. The van der Waals surface area contributed by atoms with Gasteiger partial charge in [-0.05, 0) is 36.2 Å². The smallest absolute Gasteiger partial charge is 0.183 e.